The van der Waals surface area contributed by atoms with E-state index < -0.39 is 0 Å². The van der Waals surface area contributed by atoms with Crippen LogP contribution in [0.1, 0.15) is 43.9 Å². The van der Waals surface area contributed by atoms with Crippen LogP contribution in [0, 0.1) is 6.92 Å². The third kappa shape index (κ3) is 5.33. The molecular weight excluding hydrogens is 250 g/mol. The van der Waals surface area contributed by atoms with E-state index in [-0.39, 0.29) is 11.3 Å². The molecule has 1 aromatic rings. The number of hydrogen-bond acceptors (Lipinski definition) is 2. The molecule has 0 saturated heterocycles. The summed E-state index contributed by atoms with van der Waals surface area (Å²) in [7, 11) is 1.67. The Kier molecular flexibility index (Phi) is 6.21. The molecule has 1 rings (SSSR count). The van der Waals surface area contributed by atoms with E-state index in [9.17, 15) is 4.79 Å². The monoisotopic (exact) mass is 277 g/mol. The molecule has 0 bridgehead atoms. The third-order valence-electron chi connectivity index (χ3n) is 3.41. The van der Waals surface area contributed by atoms with Gasteiger partial charge in [-0.2, -0.15) is 0 Å². The minimum Gasteiger partial charge on any atom is -0.385 e. The summed E-state index contributed by atoms with van der Waals surface area (Å²) < 4.78 is 4.96. The lowest BCUT2D eigenvalue weighted by atomic mass is 9.85. The average Bonchev–Trinajstić information content (AvgIpc) is 2.36. The van der Waals surface area contributed by atoms with Crippen LogP contribution in [0.4, 0.5) is 0 Å². The molecule has 1 N–H and O–H groups in total. The lowest BCUT2D eigenvalue weighted by molar-refractivity contribution is -0.120. The molecule has 3 heteroatoms. The fourth-order valence-electron chi connectivity index (χ4n) is 2.01. The van der Waals surface area contributed by atoms with Crippen LogP contribution in [-0.4, -0.2) is 26.2 Å². The molecule has 0 unspecified atom stereocenters. The van der Waals surface area contributed by atoms with Gasteiger partial charge in [0.2, 0.25) is 5.91 Å². The zero-order chi connectivity index (χ0) is 15.2. The van der Waals surface area contributed by atoms with E-state index in [1.807, 2.05) is 0 Å². The van der Waals surface area contributed by atoms with Crippen LogP contribution in [0.3, 0.4) is 0 Å². The SMILES string of the molecule is COCCCNC(=O)Cc1cc(C(C)(C)C)ccc1C. The summed E-state index contributed by atoms with van der Waals surface area (Å²) in [4.78, 5) is 11.9. The highest BCUT2D eigenvalue weighted by molar-refractivity contribution is 5.79. The number of nitrogens with one attached hydrogen (secondary N) is 1. The highest BCUT2D eigenvalue weighted by atomic mass is 16.5. The number of ether oxygens (including phenoxy) is 1. The van der Waals surface area contributed by atoms with Gasteiger partial charge in [0.25, 0.3) is 0 Å². The van der Waals surface area contributed by atoms with Crippen LogP contribution in [0.2, 0.25) is 0 Å². The third-order valence-corrected chi connectivity index (χ3v) is 3.41. The van der Waals surface area contributed by atoms with E-state index in [0.717, 1.165) is 12.0 Å². The Morgan fingerprint density at radius 2 is 2.00 bits per heavy atom. The Bertz CT molecular complexity index is 447. The van der Waals surface area contributed by atoms with E-state index in [1.165, 1.54) is 11.1 Å². The first kappa shape index (κ1) is 16.7. The molecule has 1 amide bonds. The number of carbonyl (C=O) groups excluding carboxylic acids is 1. The van der Waals surface area contributed by atoms with Crippen molar-refractivity contribution >= 4 is 5.91 Å². The summed E-state index contributed by atoms with van der Waals surface area (Å²) in [6.07, 6.45) is 1.30. The summed E-state index contributed by atoms with van der Waals surface area (Å²) in [5.74, 6) is 0.0789. The summed E-state index contributed by atoms with van der Waals surface area (Å²) in [6, 6.07) is 6.41. The van der Waals surface area contributed by atoms with Gasteiger partial charge in [0.15, 0.2) is 0 Å². The van der Waals surface area contributed by atoms with Gasteiger partial charge in [-0.15, -0.1) is 0 Å². The normalized spacial score (nSPS) is 11.4. The van der Waals surface area contributed by atoms with Crippen LogP contribution in [0.25, 0.3) is 0 Å². The van der Waals surface area contributed by atoms with E-state index in [1.54, 1.807) is 7.11 Å². The molecule has 0 radical (unpaired) electrons. The standard InChI is InChI=1S/C17H27NO2/c1-13-7-8-15(17(2,3)4)11-14(13)12-16(19)18-9-6-10-20-5/h7-8,11H,6,9-10,12H2,1-5H3,(H,18,19). The first-order valence-electron chi connectivity index (χ1n) is 7.20. The lowest BCUT2D eigenvalue weighted by Gasteiger charge is -2.20. The second kappa shape index (κ2) is 7.44. The molecule has 112 valence electrons. The quantitative estimate of drug-likeness (QED) is 0.812. The number of amides is 1. The predicted molar refractivity (Wildman–Crippen MR) is 83.1 cm³/mol. The number of rotatable bonds is 6. The summed E-state index contributed by atoms with van der Waals surface area (Å²) in [6.45, 7) is 9.97. The molecule has 0 fully saturated rings. The van der Waals surface area contributed by atoms with Gasteiger partial charge in [-0.25, -0.2) is 0 Å². The molecule has 3 nitrogen and oxygen atoms in total. The number of carbonyl (C=O) groups is 1. The maximum atomic E-state index is 11.9. The van der Waals surface area contributed by atoms with Crippen LogP contribution in [0.15, 0.2) is 18.2 Å². The van der Waals surface area contributed by atoms with Crippen molar-refractivity contribution in [1.29, 1.82) is 0 Å². The molecule has 0 aliphatic carbocycles. The molecule has 0 spiro atoms. The van der Waals surface area contributed by atoms with Gasteiger partial charge in [-0.05, 0) is 35.4 Å². The van der Waals surface area contributed by atoms with Gasteiger partial charge in [0, 0.05) is 20.3 Å². The zero-order valence-electron chi connectivity index (χ0n) is 13.4. The summed E-state index contributed by atoms with van der Waals surface area (Å²) in [5, 5.41) is 2.93. The molecular formula is C17H27NO2. The Hall–Kier alpha value is -1.35. The molecule has 0 aliphatic heterocycles. The second-order valence-corrected chi connectivity index (χ2v) is 6.26. The first-order chi connectivity index (χ1) is 9.34. The minimum atomic E-state index is 0.0789. The Morgan fingerprint density at radius 1 is 1.30 bits per heavy atom. The fourth-order valence-corrected chi connectivity index (χ4v) is 2.01. The van der Waals surface area contributed by atoms with Gasteiger partial charge in [0.05, 0.1) is 6.42 Å². The second-order valence-electron chi connectivity index (χ2n) is 6.26. The minimum absolute atomic E-state index is 0.0789. The topological polar surface area (TPSA) is 38.3 Å². The largest absolute Gasteiger partial charge is 0.385 e. The van der Waals surface area contributed by atoms with Crippen molar-refractivity contribution in [3.05, 3.63) is 34.9 Å². The van der Waals surface area contributed by atoms with Gasteiger partial charge in [-0.1, -0.05) is 39.0 Å². The van der Waals surface area contributed by atoms with Crippen LogP contribution >= 0.6 is 0 Å². The van der Waals surface area contributed by atoms with Crippen molar-refractivity contribution in [2.75, 3.05) is 20.3 Å². The molecule has 0 atom stereocenters. The van der Waals surface area contributed by atoms with Gasteiger partial charge in [0.1, 0.15) is 0 Å². The van der Waals surface area contributed by atoms with Crippen molar-refractivity contribution in [3.8, 4) is 0 Å². The summed E-state index contributed by atoms with van der Waals surface area (Å²) >= 11 is 0. The number of benzene rings is 1. The van der Waals surface area contributed by atoms with Gasteiger partial charge >= 0.3 is 0 Å². The van der Waals surface area contributed by atoms with Gasteiger partial charge < -0.3 is 10.1 Å². The highest BCUT2D eigenvalue weighted by Gasteiger charge is 2.15. The molecule has 0 aromatic heterocycles. The first-order valence-corrected chi connectivity index (χ1v) is 7.20. The highest BCUT2D eigenvalue weighted by Crippen LogP contribution is 2.24. The fraction of sp³-hybridized carbons (Fsp3) is 0.588. The molecule has 0 saturated carbocycles. The number of hydrogen-bond donors (Lipinski definition) is 1. The smallest absolute Gasteiger partial charge is 0.224 e. The predicted octanol–water partition coefficient (Wildman–Crippen LogP) is 2.99. The van der Waals surface area contributed by atoms with E-state index in [0.29, 0.717) is 19.6 Å². The van der Waals surface area contributed by atoms with E-state index in [4.69, 9.17) is 4.74 Å². The van der Waals surface area contributed by atoms with Crippen molar-refractivity contribution in [2.45, 2.75) is 46.0 Å². The van der Waals surface area contributed by atoms with E-state index >= 15 is 0 Å². The average molecular weight is 277 g/mol. The Morgan fingerprint density at radius 3 is 2.60 bits per heavy atom. The van der Waals surface area contributed by atoms with Crippen LogP contribution in [-0.2, 0) is 21.4 Å². The number of methoxy groups -OCH3 is 1. The molecule has 0 aliphatic rings. The molecule has 0 heterocycles. The van der Waals surface area contributed by atoms with Crippen LogP contribution < -0.4 is 5.32 Å². The molecule has 20 heavy (non-hydrogen) atoms. The summed E-state index contributed by atoms with van der Waals surface area (Å²) in [5.41, 5.74) is 3.66. The zero-order valence-corrected chi connectivity index (χ0v) is 13.4. The Labute approximate surface area is 122 Å². The van der Waals surface area contributed by atoms with Crippen molar-refractivity contribution in [3.63, 3.8) is 0 Å². The Balaban J connectivity index is 2.65. The van der Waals surface area contributed by atoms with Crippen molar-refractivity contribution in [1.82, 2.24) is 5.32 Å². The molecule has 1 aromatic carbocycles. The maximum Gasteiger partial charge on any atom is 0.224 e. The number of aryl methyl sites for hydroxylation is 1. The van der Waals surface area contributed by atoms with Gasteiger partial charge in [-0.3, -0.25) is 4.79 Å². The van der Waals surface area contributed by atoms with E-state index in [2.05, 4.69) is 51.2 Å². The van der Waals surface area contributed by atoms with Crippen molar-refractivity contribution < 1.29 is 9.53 Å². The maximum absolute atomic E-state index is 11.9. The lowest BCUT2D eigenvalue weighted by Crippen LogP contribution is -2.27. The van der Waals surface area contributed by atoms with Crippen LogP contribution in [0.5, 0.6) is 0 Å². The van der Waals surface area contributed by atoms with Crippen molar-refractivity contribution in [2.24, 2.45) is 0 Å².